The van der Waals surface area contributed by atoms with E-state index in [9.17, 15) is 0 Å². The van der Waals surface area contributed by atoms with Crippen molar-refractivity contribution in [3.05, 3.63) is 59.7 Å². The molecule has 116 valence electrons. The minimum atomic E-state index is 0.587. The van der Waals surface area contributed by atoms with Crippen molar-refractivity contribution in [2.45, 2.75) is 32.9 Å². The summed E-state index contributed by atoms with van der Waals surface area (Å²) in [7, 11) is 0. The molecular weight excluding hydrogens is 268 g/mol. The molecule has 0 bridgehead atoms. The summed E-state index contributed by atoms with van der Waals surface area (Å²) >= 11 is 0. The van der Waals surface area contributed by atoms with Gasteiger partial charge in [0.05, 0.1) is 0 Å². The van der Waals surface area contributed by atoms with Gasteiger partial charge in [-0.3, -0.25) is 4.90 Å². The molecule has 1 fully saturated rings. The summed E-state index contributed by atoms with van der Waals surface area (Å²) in [6.45, 7) is 6.49. The first-order chi connectivity index (χ1) is 10.8. The molecule has 1 aliphatic heterocycles. The highest BCUT2D eigenvalue weighted by atomic mass is 15.1. The SMILES string of the molecule is CC1CCN(Cc2ccc(-c3ccccc3CN)cc2)CC1. The van der Waals surface area contributed by atoms with Crippen molar-refractivity contribution >= 4 is 0 Å². The Hall–Kier alpha value is -1.64. The lowest BCUT2D eigenvalue weighted by Crippen LogP contribution is -2.32. The van der Waals surface area contributed by atoms with E-state index >= 15 is 0 Å². The van der Waals surface area contributed by atoms with Gasteiger partial charge in [0, 0.05) is 13.1 Å². The molecule has 0 atom stereocenters. The van der Waals surface area contributed by atoms with E-state index in [0.717, 1.165) is 12.5 Å². The van der Waals surface area contributed by atoms with Gasteiger partial charge in [0.15, 0.2) is 0 Å². The standard InChI is InChI=1S/C20H26N2/c1-16-10-12-22(13-11-16)15-17-6-8-18(9-7-17)20-5-3-2-4-19(20)14-21/h2-9,16H,10-15,21H2,1H3. The van der Waals surface area contributed by atoms with E-state index in [0.29, 0.717) is 6.54 Å². The number of rotatable bonds is 4. The lowest BCUT2D eigenvalue weighted by atomic mass is 9.97. The zero-order chi connectivity index (χ0) is 15.4. The number of hydrogen-bond acceptors (Lipinski definition) is 2. The highest BCUT2D eigenvalue weighted by molar-refractivity contribution is 5.67. The van der Waals surface area contributed by atoms with Crippen LogP contribution in [0, 0.1) is 5.92 Å². The summed E-state index contributed by atoms with van der Waals surface area (Å²) in [5.74, 6) is 0.895. The molecule has 0 radical (unpaired) electrons. The number of benzene rings is 2. The van der Waals surface area contributed by atoms with Gasteiger partial charge >= 0.3 is 0 Å². The Bertz CT molecular complexity index is 595. The fourth-order valence-corrected chi connectivity index (χ4v) is 3.25. The van der Waals surface area contributed by atoms with Gasteiger partial charge in [-0.05, 0) is 54.1 Å². The maximum atomic E-state index is 5.85. The van der Waals surface area contributed by atoms with Gasteiger partial charge in [-0.15, -0.1) is 0 Å². The quantitative estimate of drug-likeness (QED) is 0.922. The van der Waals surface area contributed by atoms with E-state index in [1.165, 1.54) is 48.2 Å². The number of hydrogen-bond donors (Lipinski definition) is 1. The van der Waals surface area contributed by atoms with Crippen molar-refractivity contribution in [1.82, 2.24) is 4.90 Å². The van der Waals surface area contributed by atoms with Crippen molar-refractivity contribution < 1.29 is 0 Å². The second-order valence-corrected chi connectivity index (χ2v) is 6.52. The fraction of sp³-hybridized carbons (Fsp3) is 0.400. The predicted octanol–water partition coefficient (Wildman–Crippen LogP) is 4.04. The van der Waals surface area contributed by atoms with Gasteiger partial charge in [-0.1, -0.05) is 55.5 Å². The van der Waals surface area contributed by atoms with E-state index in [4.69, 9.17) is 5.73 Å². The number of likely N-dealkylation sites (tertiary alicyclic amines) is 1. The van der Waals surface area contributed by atoms with Crippen LogP contribution >= 0.6 is 0 Å². The normalized spacial score (nSPS) is 16.8. The predicted molar refractivity (Wildman–Crippen MR) is 93.4 cm³/mol. The minimum Gasteiger partial charge on any atom is -0.326 e. The molecule has 0 aliphatic carbocycles. The largest absolute Gasteiger partial charge is 0.326 e. The van der Waals surface area contributed by atoms with E-state index in [1.807, 2.05) is 0 Å². The van der Waals surface area contributed by atoms with Crippen LogP contribution < -0.4 is 5.73 Å². The molecule has 2 heteroatoms. The molecule has 0 unspecified atom stereocenters. The van der Waals surface area contributed by atoms with Gasteiger partial charge in [0.25, 0.3) is 0 Å². The van der Waals surface area contributed by atoms with Gasteiger partial charge in [0.1, 0.15) is 0 Å². The number of piperidine rings is 1. The Labute approximate surface area is 134 Å². The van der Waals surface area contributed by atoms with E-state index in [2.05, 4.69) is 60.4 Å². The Morgan fingerprint density at radius 1 is 1.00 bits per heavy atom. The summed E-state index contributed by atoms with van der Waals surface area (Å²) in [4.78, 5) is 2.57. The molecule has 1 heterocycles. The molecule has 0 amide bonds. The topological polar surface area (TPSA) is 29.3 Å². The molecule has 1 aliphatic rings. The van der Waals surface area contributed by atoms with Crippen LogP contribution in [0.15, 0.2) is 48.5 Å². The third-order valence-electron chi connectivity index (χ3n) is 4.78. The summed E-state index contributed by atoms with van der Waals surface area (Å²) in [6, 6.07) is 17.4. The molecule has 0 spiro atoms. The lowest BCUT2D eigenvalue weighted by Gasteiger charge is -2.30. The molecule has 3 rings (SSSR count). The van der Waals surface area contributed by atoms with Crippen molar-refractivity contribution in [2.24, 2.45) is 11.7 Å². The van der Waals surface area contributed by atoms with Gasteiger partial charge in [-0.25, -0.2) is 0 Å². The minimum absolute atomic E-state index is 0.587. The second-order valence-electron chi connectivity index (χ2n) is 6.52. The Balaban J connectivity index is 1.70. The molecule has 2 nitrogen and oxygen atoms in total. The number of nitrogens with two attached hydrogens (primary N) is 1. The maximum Gasteiger partial charge on any atom is 0.0233 e. The molecule has 0 aromatic heterocycles. The van der Waals surface area contributed by atoms with Crippen molar-refractivity contribution in [3.8, 4) is 11.1 Å². The Kier molecular flexibility index (Phi) is 4.91. The summed E-state index contributed by atoms with van der Waals surface area (Å²) < 4.78 is 0. The average molecular weight is 294 g/mol. The van der Waals surface area contributed by atoms with Crippen molar-refractivity contribution in [3.63, 3.8) is 0 Å². The second kappa shape index (κ2) is 7.08. The first-order valence-electron chi connectivity index (χ1n) is 8.36. The Morgan fingerprint density at radius 2 is 1.68 bits per heavy atom. The van der Waals surface area contributed by atoms with E-state index < -0.39 is 0 Å². The van der Waals surface area contributed by atoms with E-state index in [-0.39, 0.29) is 0 Å². The molecule has 22 heavy (non-hydrogen) atoms. The smallest absolute Gasteiger partial charge is 0.0233 e. The molecule has 1 saturated heterocycles. The molecule has 0 saturated carbocycles. The van der Waals surface area contributed by atoms with Crippen LogP contribution in [0.25, 0.3) is 11.1 Å². The third-order valence-corrected chi connectivity index (χ3v) is 4.78. The molecule has 2 aromatic rings. The van der Waals surface area contributed by atoms with Crippen molar-refractivity contribution in [1.29, 1.82) is 0 Å². The van der Waals surface area contributed by atoms with Crippen LogP contribution in [-0.4, -0.2) is 18.0 Å². The fourth-order valence-electron chi connectivity index (χ4n) is 3.25. The van der Waals surface area contributed by atoms with Crippen LogP contribution in [0.5, 0.6) is 0 Å². The zero-order valence-electron chi connectivity index (χ0n) is 13.5. The van der Waals surface area contributed by atoms with Crippen LogP contribution in [0.3, 0.4) is 0 Å². The maximum absolute atomic E-state index is 5.85. The van der Waals surface area contributed by atoms with Gasteiger partial charge in [-0.2, -0.15) is 0 Å². The summed E-state index contributed by atoms with van der Waals surface area (Å²) in [5, 5.41) is 0. The lowest BCUT2D eigenvalue weighted by molar-refractivity contribution is 0.185. The molecular formula is C20H26N2. The highest BCUT2D eigenvalue weighted by Gasteiger charge is 2.15. The third kappa shape index (κ3) is 3.57. The van der Waals surface area contributed by atoms with Crippen molar-refractivity contribution in [2.75, 3.05) is 13.1 Å². The monoisotopic (exact) mass is 294 g/mol. The molecule has 2 aromatic carbocycles. The van der Waals surface area contributed by atoms with Crippen LogP contribution in [0.2, 0.25) is 0 Å². The zero-order valence-corrected chi connectivity index (χ0v) is 13.5. The first kappa shape index (κ1) is 15.3. The van der Waals surface area contributed by atoms with Crippen LogP contribution in [0.4, 0.5) is 0 Å². The van der Waals surface area contributed by atoms with E-state index in [1.54, 1.807) is 0 Å². The first-order valence-corrected chi connectivity index (χ1v) is 8.36. The molecule has 2 N–H and O–H groups in total. The Morgan fingerprint density at radius 3 is 2.36 bits per heavy atom. The number of nitrogens with zero attached hydrogens (tertiary/aromatic N) is 1. The highest BCUT2D eigenvalue weighted by Crippen LogP contribution is 2.24. The van der Waals surface area contributed by atoms with Crippen LogP contribution in [0.1, 0.15) is 30.9 Å². The van der Waals surface area contributed by atoms with Crippen LogP contribution in [-0.2, 0) is 13.1 Å². The summed E-state index contributed by atoms with van der Waals surface area (Å²) in [6.07, 6.45) is 2.67. The van der Waals surface area contributed by atoms with Gasteiger partial charge < -0.3 is 5.73 Å². The summed E-state index contributed by atoms with van der Waals surface area (Å²) in [5.41, 5.74) is 11.0. The van der Waals surface area contributed by atoms with Gasteiger partial charge in [0.2, 0.25) is 0 Å². The average Bonchev–Trinajstić information content (AvgIpc) is 2.58.